The summed E-state index contributed by atoms with van der Waals surface area (Å²) in [6, 6.07) is 12.7. The van der Waals surface area contributed by atoms with Gasteiger partial charge in [0.1, 0.15) is 17.9 Å². The number of phenols is 1. The first kappa shape index (κ1) is 14.7. The summed E-state index contributed by atoms with van der Waals surface area (Å²) >= 11 is 3.41. The molecule has 0 saturated carbocycles. The average Bonchev–Trinajstić information content (AvgIpc) is 2.92. The molecular formula is C17H13BrO4. The smallest absolute Gasteiger partial charge is 0.293 e. The van der Waals surface area contributed by atoms with Gasteiger partial charge >= 0.3 is 0 Å². The zero-order chi connectivity index (χ0) is 15.5. The van der Waals surface area contributed by atoms with Crippen molar-refractivity contribution in [2.24, 2.45) is 0 Å². The topological polar surface area (TPSA) is 59.7 Å². The molecular weight excluding hydrogens is 348 g/mol. The van der Waals surface area contributed by atoms with E-state index >= 15 is 0 Å². The number of fused-ring (bicyclic) bond motifs is 1. The molecule has 0 spiro atoms. The van der Waals surface area contributed by atoms with Gasteiger partial charge < -0.3 is 14.3 Å². The van der Waals surface area contributed by atoms with Crippen molar-refractivity contribution in [1.29, 1.82) is 0 Å². The second-order valence-corrected chi connectivity index (χ2v) is 5.82. The molecule has 0 fully saturated rings. The van der Waals surface area contributed by atoms with E-state index in [1.165, 1.54) is 0 Å². The molecule has 22 heavy (non-hydrogen) atoms. The minimum Gasteiger partial charge on any atom is -0.508 e. The molecule has 3 aromatic rings. The standard InChI is InChI=1S/C17H13BrO4/c18-12-3-1-11(2-4-12)15(8-21-10-19)16-9-22-17-6-5-13(20)7-14(16)17/h1-7,9-10,15,20H,8H2. The highest BCUT2D eigenvalue weighted by Gasteiger charge is 2.20. The Balaban J connectivity index is 2.09. The van der Waals surface area contributed by atoms with E-state index in [1.54, 1.807) is 24.5 Å². The van der Waals surface area contributed by atoms with Crippen LogP contribution in [0.4, 0.5) is 0 Å². The van der Waals surface area contributed by atoms with E-state index in [4.69, 9.17) is 9.15 Å². The second-order valence-electron chi connectivity index (χ2n) is 4.91. The Kier molecular flexibility index (Phi) is 4.15. The largest absolute Gasteiger partial charge is 0.508 e. The molecule has 0 amide bonds. The highest BCUT2D eigenvalue weighted by molar-refractivity contribution is 9.10. The number of phenolic OH excluding ortho intramolecular Hbond substituents is 1. The normalized spacial score (nSPS) is 12.2. The first-order valence-electron chi connectivity index (χ1n) is 6.70. The summed E-state index contributed by atoms with van der Waals surface area (Å²) in [7, 11) is 0. The Morgan fingerprint density at radius 1 is 1.23 bits per heavy atom. The first-order chi connectivity index (χ1) is 10.7. The number of carbonyl (C=O) groups excluding carboxylic acids is 1. The number of carbonyl (C=O) groups is 1. The predicted molar refractivity (Wildman–Crippen MR) is 85.9 cm³/mol. The fraction of sp³-hybridized carbons (Fsp3) is 0.118. The minimum atomic E-state index is -0.165. The lowest BCUT2D eigenvalue weighted by atomic mass is 9.91. The van der Waals surface area contributed by atoms with Gasteiger partial charge in [0.25, 0.3) is 6.47 Å². The molecule has 0 saturated heterocycles. The number of ether oxygens (including phenoxy) is 1. The van der Waals surface area contributed by atoms with Crippen molar-refractivity contribution in [1.82, 2.24) is 0 Å². The third-order valence-corrected chi connectivity index (χ3v) is 4.09. The molecule has 1 atom stereocenters. The summed E-state index contributed by atoms with van der Waals surface area (Å²) in [4.78, 5) is 10.6. The van der Waals surface area contributed by atoms with Crippen LogP contribution < -0.4 is 0 Å². The van der Waals surface area contributed by atoms with Gasteiger partial charge in [-0.2, -0.15) is 0 Å². The van der Waals surface area contributed by atoms with Crippen LogP contribution in [0.2, 0.25) is 0 Å². The van der Waals surface area contributed by atoms with E-state index in [1.807, 2.05) is 24.3 Å². The van der Waals surface area contributed by atoms with Crippen LogP contribution in [0.5, 0.6) is 5.75 Å². The van der Waals surface area contributed by atoms with Crippen LogP contribution in [0.15, 0.2) is 57.6 Å². The van der Waals surface area contributed by atoms with Gasteiger partial charge in [-0.15, -0.1) is 0 Å². The van der Waals surface area contributed by atoms with Gasteiger partial charge in [0.05, 0.1) is 6.26 Å². The second kappa shape index (κ2) is 6.23. The van der Waals surface area contributed by atoms with E-state index in [0.29, 0.717) is 12.1 Å². The van der Waals surface area contributed by atoms with Crippen LogP contribution in [-0.4, -0.2) is 18.2 Å². The fourth-order valence-corrected chi connectivity index (χ4v) is 2.77. The molecule has 2 aromatic carbocycles. The highest BCUT2D eigenvalue weighted by Crippen LogP contribution is 2.34. The van der Waals surface area contributed by atoms with Gasteiger partial charge in [0.15, 0.2) is 0 Å². The van der Waals surface area contributed by atoms with Crippen LogP contribution in [0.3, 0.4) is 0 Å². The van der Waals surface area contributed by atoms with Crippen LogP contribution in [-0.2, 0) is 9.53 Å². The maximum atomic E-state index is 10.6. The molecule has 1 aromatic heterocycles. The lowest BCUT2D eigenvalue weighted by molar-refractivity contribution is -0.128. The Bertz CT molecular complexity index is 792. The predicted octanol–water partition coefficient (Wildman–Crippen LogP) is 4.21. The zero-order valence-electron chi connectivity index (χ0n) is 11.5. The Labute approximate surface area is 135 Å². The van der Waals surface area contributed by atoms with Crippen molar-refractivity contribution in [3.63, 3.8) is 0 Å². The van der Waals surface area contributed by atoms with E-state index in [2.05, 4.69) is 15.9 Å². The molecule has 112 valence electrons. The Morgan fingerprint density at radius 2 is 2.00 bits per heavy atom. The Hall–Kier alpha value is -2.27. The molecule has 0 bridgehead atoms. The number of rotatable bonds is 5. The molecule has 1 unspecified atom stereocenters. The third kappa shape index (κ3) is 2.85. The maximum absolute atomic E-state index is 10.6. The maximum Gasteiger partial charge on any atom is 0.293 e. The van der Waals surface area contributed by atoms with Gasteiger partial charge in [0, 0.05) is 21.3 Å². The summed E-state index contributed by atoms with van der Waals surface area (Å²) in [6.45, 7) is 0.640. The highest BCUT2D eigenvalue weighted by atomic mass is 79.9. The van der Waals surface area contributed by atoms with E-state index < -0.39 is 0 Å². The van der Waals surface area contributed by atoms with Crippen molar-refractivity contribution < 1.29 is 19.1 Å². The molecule has 3 rings (SSSR count). The SMILES string of the molecule is O=COCC(c1ccc(Br)cc1)c1coc2ccc(O)cc12. The number of benzene rings is 2. The summed E-state index contributed by atoms with van der Waals surface area (Å²) in [5.41, 5.74) is 2.55. The monoisotopic (exact) mass is 360 g/mol. The van der Waals surface area contributed by atoms with Crippen LogP contribution in [0, 0.1) is 0 Å². The van der Waals surface area contributed by atoms with Gasteiger partial charge in [-0.1, -0.05) is 28.1 Å². The van der Waals surface area contributed by atoms with Crippen molar-refractivity contribution in [2.45, 2.75) is 5.92 Å². The molecule has 4 nitrogen and oxygen atoms in total. The van der Waals surface area contributed by atoms with Crippen LogP contribution in [0.25, 0.3) is 11.0 Å². The summed E-state index contributed by atoms with van der Waals surface area (Å²) in [5, 5.41) is 10.5. The van der Waals surface area contributed by atoms with Gasteiger partial charge in [-0.3, -0.25) is 4.79 Å². The van der Waals surface area contributed by atoms with Gasteiger partial charge in [-0.05, 0) is 35.9 Å². The summed E-state index contributed by atoms with van der Waals surface area (Å²) < 4.78 is 11.5. The number of aromatic hydroxyl groups is 1. The van der Waals surface area contributed by atoms with Crippen molar-refractivity contribution in [3.8, 4) is 5.75 Å². The van der Waals surface area contributed by atoms with E-state index in [0.717, 1.165) is 21.0 Å². The molecule has 0 aliphatic rings. The molecule has 5 heteroatoms. The summed E-state index contributed by atoms with van der Waals surface area (Å²) in [6.07, 6.45) is 1.64. The number of halogens is 1. The average molecular weight is 361 g/mol. The molecule has 0 aliphatic heterocycles. The summed E-state index contributed by atoms with van der Waals surface area (Å²) in [5.74, 6) is 0.00219. The number of hydrogen-bond acceptors (Lipinski definition) is 4. The third-order valence-electron chi connectivity index (χ3n) is 3.57. The van der Waals surface area contributed by atoms with Crippen LogP contribution in [0.1, 0.15) is 17.0 Å². The van der Waals surface area contributed by atoms with Crippen molar-refractivity contribution in [2.75, 3.05) is 6.61 Å². The molecule has 1 heterocycles. The quantitative estimate of drug-likeness (QED) is 0.692. The first-order valence-corrected chi connectivity index (χ1v) is 7.49. The minimum absolute atomic E-state index is 0.165. The van der Waals surface area contributed by atoms with Crippen LogP contribution >= 0.6 is 15.9 Å². The van der Waals surface area contributed by atoms with Crippen molar-refractivity contribution in [3.05, 3.63) is 64.3 Å². The number of furan rings is 1. The van der Waals surface area contributed by atoms with E-state index in [9.17, 15) is 9.90 Å². The van der Waals surface area contributed by atoms with Crippen molar-refractivity contribution >= 4 is 33.4 Å². The number of hydrogen-bond donors (Lipinski definition) is 1. The molecule has 1 N–H and O–H groups in total. The van der Waals surface area contributed by atoms with E-state index in [-0.39, 0.29) is 18.3 Å². The van der Waals surface area contributed by atoms with Gasteiger partial charge in [-0.25, -0.2) is 0 Å². The Morgan fingerprint density at radius 3 is 2.73 bits per heavy atom. The fourth-order valence-electron chi connectivity index (χ4n) is 2.50. The lowest BCUT2D eigenvalue weighted by Gasteiger charge is -2.15. The lowest BCUT2D eigenvalue weighted by Crippen LogP contribution is -2.08. The van der Waals surface area contributed by atoms with Gasteiger partial charge in [0.2, 0.25) is 0 Å². The molecule has 0 radical (unpaired) electrons. The zero-order valence-corrected chi connectivity index (χ0v) is 13.1. The molecule has 0 aliphatic carbocycles.